The molecule has 0 spiro atoms. The van der Waals surface area contributed by atoms with Crippen LogP contribution in [0.4, 0.5) is 5.69 Å². The van der Waals surface area contributed by atoms with Gasteiger partial charge in [0.2, 0.25) is 0 Å². The van der Waals surface area contributed by atoms with Gasteiger partial charge in [-0.15, -0.1) is 0 Å². The van der Waals surface area contributed by atoms with Gasteiger partial charge in [0.15, 0.2) is 9.84 Å². The Kier molecular flexibility index (Phi) is 7.32. The first-order chi connectivity index (χ1) is 14.8. The fourth-order valence-electron chi connectivity index (χ4n) is 4.98. The second-order valence-electron chi connectivity index (χ2n) is 8.82. The van der Waals surface area contributed by atoms with Crippen LogP contribution in [-0.4, -0.2) is 32.5 Å². The van der Waals surface area contributed by atoms with Gasteiger partial charge in [0.1, 0.15) is 5.75 Å². The summed E-state index contributed by atoms with van der Waals surface area (Å²) in [6.45, 7) is 4.19. The van der Waals surface area contributed by atoms with Gasteiger partial charge in [0, 0.05) is 17.0 Å². The van der Waals surface area contributed by atoms with Crippen molar-refractivity contribution in [3.63, 3.8) is 0 Å². The maximum absolute atomic E-state index is 13.6. The predicted molar refractivity (Wildman–Crippen MR) is 125 cm³/mol. The molecule has 6 heteroatoms. The first-order valence-corrected chi connectivity index (χ1v) is 12.9. The van der Waals surface area contributed by atoms with E-state index >= 15 is 0 Å². The molecule has 0 amide bonds. The van der Waals surface area contributed by atoms with Crippen molar-refractivity contribution in [3.8, 4) is 5.75 Å². The van der Waals surface area contributed by atoms with E-state index in [1.165, 1.54) is 0 Å². The van der Waals surface area contributed by atoms with E-state index in [0.29, 0.717) is 29.8 Å². The second kappa shape index (κ2) is 9.61. The number of methoxy groups -OCH3 is 1. The van der Waals surface area contributed by atoms with Gasteiger partial charge in [0.05, 0.1) is 23.9 Å². The summed E-state index contributed by atoms with van der Waals surface area (Å²) in [6, 6.07) is 12.5. The number of hydrogen-bond donors (Lipinski definition) is 2. The maximum atomic E-state index is 13.6. The summed E-state index contributed by atoms with van der Waals surface area (Å²) in [7, 11) is -2.00. The molecule has 0 radical (unpaired) electrons. The van der Waals surface area contributed by atoms with Crippen LogP contribution in [0.5, 0.6) is 5.75 Å². The number of aliphatic hydroxyl groups excluding tert-OH is 1. The minimum atomic E-state index is -3.60. The van der Waals surface area contributed by atoms with E-state index in [1.54, 1.807) is 25.3 Å². The molecular formula is C25H35NO4S. The Bertz CT molecular complexity index is 994. The Hall–Kier alpha value is -2.05. The van der Waals surface area contributed by atoms with Crippen molar-refractivity contribution >= 4 is 15.5 Å². The topological polar surface area (TPSA) is 89.6 Å². The molecule has 0 aliphatic carbocycles. The molecule has 2 atom stereocenters. The van der Waals surface area contributed by atoms with Gasteiger partial charge in [0.25, 0.3) is 0 Å². The van der Waals surface area contributed by atoms with Crippen LogP contribution >= 0.6 is 0 Å². The monoisotopic (exact) mass is 445 g/mol. The van der Waals surface area contributed by atoms with Crippen molar-refractivity contribution in [2.45, 2.75) is 69.3 Å². The summed E-state index contributed by atoms with van der Waals surface area (Å²) >= 11 is 0. The Labute approximate surface area is 186 Å². The number of nitrogen functional groups attached to an aromatic ring is 1. The van der Waals surface area contributed by atoms with E-state index in [0.717, 1.165) is 31.2 Å². The molecule has 0 aromatic heterocycles. The molecule has 5 nitrogen and oxygen atoms in total. The molecule has 0 saturated heterocycles. The number of unbranched alkanes of at least 4 members (excludes halogenated alkanes) is 2. The molecule has 1 aliphatic heterocycles. The molecule has 170 valence electrons. The third kappa shape index (κ3) is 4.75. The van der Waals surface area contributed by atoms with Gasteiger partial charge in [-0.1, -0.05) is 51.7 Å². The molecule has 2 aromatic rings. The third-order valence-electron chi connectivity index (χ3n) is 6.63. The van der Waals surface area contributed by atoms with E-state index in [2.05, 4.69) is 13.8 Å². The van der Waals surface area contributed by atoms with Crippen LogP contribution in [0.25, 0.3) is 0 Å². The lowest BCUT2D eigenvalue weighted by molar-refractivity contribution is 0.0127. The lowest BCUT2D eigenvalue weighted by Crippen LogP contribution is -2.43. The number of hydrogen-bond acceptors (Lipinski definition) is 5. The summed E-state index contributed by atoms with van der Waals surface area (Å²) < 4.78 is 32.7. The van der Waals surface area contributed by atoms with Gasteiger partial charge in [-0.05, 0) is 54.3 Å². The highest BCUT2D eigenvalue weighted by Crippen LogP contribution is 2.50. The second-order valence-corrected chi connectivity index (χ2v) is 10.8. The van der Waals surface area contributed by atoms with E-state index in [9.17, 15) is 13.5 Å². The van der Waals surface area contributed by atoms with Crippen LogP contribution in [-0.2, 0) is 9.84 Å². The molecule has 0 fully saturated rings. The van der Waals surface area contributed by atoms with Crippen molar-refractivity contribution in [1.29, 1.82) is 0 Å². The van der Waals surface area contributed by atoms with E-state index in [-0.39, 0.29) is 10.6 Å². The maximum Gasteiger partial charge on any atom is 0.179 e. The standard InChI is InChI=1S/C25H35NO4S/c1-4-6-13-25(14-7-5-2)17-31(28,29)22-12-11-19(26)16-21(22)23(24(25)27)18-9-8-10-20(15-18)30-3/h8-12,15-16,23-24,27H,4-7,13-14,17,26H2,1-3H3/t23-,24-/m1/s1. The number of nitrogens with two attached hydrogens (primary N) is 1. The Morgan fingerprint density at radius 3 is 2.39 bits per heavy atom. The number of benzene rings is 2. The number of fused-ring (bicyclic) bond motifs is 1. The molecule has 2 aromatic carbocycles. The molecule has 31 heavy (non-hydrogen) atoms. The SMILES string of the molecule is CCCCC1(CCCC)CS(=O)(=O)c2ccc(N)cc2[C@@H](c2cccc(OC)c2)[C@H]1O. The quantitative estimate of drug-likeness (QED) is 0.563. The third-order valence-corrected chi connectivity index (χ3v) is 8.63. The molecule has 0 unspecified atom stereocenters. The van der Waals surface area contributed by atoms with Gasteiger partial charge >= 0.3 is 0 Å². The van der Waals surface area contributed by atoms with Crippen LogP contribution in [0.2, 0.25) is 0 Å². The molecule has 1 aliphatic rings. The molecular weight excluding hydrogens is 410 g/mol. The number of rotatable bonds is 8. The van der Waals surface area contributed by atoms with E-state index in [1.807, 2.05) is 24.3 Å². The number of sulfone groups is 1. The van der Waals surface area contributed by atoms with Crippen molar-refractivity contribution < 1.29 is 18.3 Å². The Morgan fingerprint density at radius 2 is 1.77 bits per heavy atom. The average molecular weight is 446 g/mol. The lowest BCUT2D eigenvalue weighted by Gasteiger charge is -2.40. The fraction of sp³-hybridized carbons (Fsp3) is 0.520. The van der Waals surface area contributed by atoms with Gasteiger partial charge in [-0.25, -0.2) is 8.42 Å². The van der Waals surface area contributed by atoms with E-state index in [4.69, 9.17) is 10.5 Å². The Balaban J connectivity index is 2.28. The Morgan fingerprint density at radius 1 is 1.10 bits per heavy atom. The van der Waals surface area contributed by atoms with Gasteiger partial charge < -0.3 is 15.6 Å². The van der Waals surface area contributed by atoms with Crippen molar-refractivity contribution in [1.82, 2.24) is 0 Å². The highest BCUT2D eigenvalue weighted by atomic mass is 32.2. The van der Waals surface area contributed by atoms with Gasteiger partial charge in [-0.2, -0.15) is 0 Å². The molecule has 3 N–H and O–H groups in total. The number of ether oxygens (including phenoxy) is 1. The summed E-state index contributed by atoms with van der Waals surface area (Å²) in [5.41, 5.74) is 7.28. The van der Waals surface area contributed by atoms with Crippen LogP contribution in [0.15, 0.2) is 47.4 Å². The molecule has 0 saturated carbocycles. The lowest BCUT2D eigenvalue weighted by atomic mass is 9.68. The minimum absolute atomic E-state index is 0.0431. The van der Waals surface area contributed by atoms with Crippen LogP contribution in [0.1, 0.15) is 69.4 Å². The van der Waals surface area contributed by atoms with Crippen LogP contribution in [0.3, 0.4) is 0 Å². The summed E-state index contributed by atoms with van der Waals surface area (Å²) in [4.78, 5) is 0.281. The largest absolute Gasteiger partial charge is 0.497 e. The highest BCUT2D eigenvalue weighted by Gasteiger charge is 2.49. The zero-order chi connectivity index (χ0) is 22.6. The summed E-state index contributed by atoms with van der Waals surface area (Å²) in [5.74, 6) is 0.132. The fourth-order valence-corrected chi connectivity index (χ4v) is 7.17. The first-order valence-electron chi connectivity index (χ1n) is 11.2. The average Bonchev–Trinajstić information content (AvgIpc) is 2.82. The van der Waals surface area contributed by atoms with Crippen molar-refractivity contribution in [3.05, 3.63) is 53.6 Å². The summed E-state index contributed by atoms with van der Waals surface area (Å²) in [5, 5.41) is 12.0. The zero-order valence-electron chi connectivity index (χ0n) is 18.8. The number of aliphatic hydroxyl groups is 1. The zero-order valence-corrected chi connectivity index (χ0v) is 19.6. The van der Waals surface area contributed by atoms with Crippen molar-refractivity contribution in [2.24, 2.45) is 5.41 Å². The molecule has 3 rings (SSSR count). The van der Waals surface area contributed by atoms with Crippen molar-refractivity contribution in [2.75, 3.05) is 18.6 Å². The molecule has 1 heterocycles. The molecule has 0 bridgehead atoms. The van der Waals surface area contributed by atoms with Crippen LogP contribution < -0.4 is 10.5 Å². The van der Waals surface area contributed by atoms with Crippen LogP contribution in [0, 0.1) is 5.41 Å². The minimum Gasteiger partial charge on any atom is -0.497 e. The normalized spacial score (nSPS) is 21.8. The summed E-state index contributed by atoms with van der Waals surface area (Å²) in [6.07, 6.45) is 4.14. The first kappa shape index (κ1) is 23.6. The number of anilines is 1. The highest BCUT2D eigenvalue weighted by molar-refractivity contribution is 7.91. The predicted octanol–water partition coefficient (Wildman–Crippen LogP) is 4.92. The smallest absolute Gasteiger partial charge is 0.179 e. The van der Waals surface area contributed by atoms with E-state index < -0.39 is 27.3 Å². The van der Waals surface area contributed by atoms with Gasteiger partial charge in [-0.3, -0.25) is 0 Å².